The molecule has 3 saturated carbocycles. The molecule has 0 radical (unpaired) electrons. The quantitative estimate of drug-likeness (QED) is 0.329. The molecule has 3 amide bonds. The zero-order valence-corrected chi connectivity index (χ0v) is 28.4. The fourth-order valence-corrected chi connectivity index (χ4v) is 8.97. The molecule has 3 aliphatic carbocycles. The van der Waals surface area contributed by atoms with Gasteiger partial charge in [-0.1, -0.05) is 48.0 Å². The molecule has 12 nitrogen and oxygen atoms in total. The van der Waals surface area contributed by atoms with Gasteiger partial charge in [0.2, 0.25) is 11.8 Å². The predicted octanol–water partition coefficient (Wildman–Crippen LogP) is 3.81. The van der Waals surface area contributed by atoms with E-state index in [4.69, 9.17) is 13.7 Å². The molecule has 6 rings (SSSR count). The summed E-state index contributed by atoms with van der Waals surface area (Å²) in [5, 5.41) is 5.65. The number of nitrogens with one attached hydrogen (secondary N) is 2. The molecule has 2 aliphatic heterocycles. The topological polar surface area (TPSA) is 157 Å². The van der Waals surface area contributed by atoms with Crippen LogP contribution in [0.1, 0.15) is 77.0 Å². The second-order valence-corrected chi connectivity index (χ2v) is 16.0. The second kappa shape index (κ2) is 13.4. The van der Waals surface area contributed by atoms with Crippen molar-refractivity contribution in [1.29, 1.82) is 0 Å². The van der Waals surface area contributed by atoms with Crippen LogP contribution in [0, 0.1) is 17.8 Å². The number of amides is 3. The van der Waals surface area contributed by atoms with E-state index in [-0.39, 0.29) is 29.9 Å². The molecule has 0 spiro atoms. The Morgan fingerprint density at radius 2 is 1.63 bits per heavy atom. The Morgan fingerprint density at radius 1 is 0.957 bits per heavy atom. The Labute approximate surface area is 277 Å². The van der Waals surface area contributed by atoms with Crippen molar-refractivity contribution >= 4 is 49.9 Å². The molecule has 0 aromatic heterocycles. The van der Waals surface area contributed by atoms with Crippen molar-refractivity contribution in [2.45, 2.75) is 112 Å². The number of rotatable bonds is 6. The third-order valence-electron chi connectivity index (χ3n) is 10.3. The molecule has 1 aromatic carbocycles. The lowest BCUT2D eigenvalue weighted by atomic mass is 10.0. The van der Waals surface area contributed by atoms with Gasteiger partial charge in [0.25, 0.3) is 10.1 Å². The van der Waals surface area contributed by atoms with Gasteiger partial charge in [0.05, 0.1) is 18.1 Å². The number of hydrogen-bond acceptors (Lipinski definition) is 9. The van der Waals surface area contributed by atoms with E-state index >= 15 is 0 Å². The number of nitrogens with zero attached hydrogens (tertiary/aromatic N) is 1. The van der Waals surface area contributed by atoms with Crippen LogP contribution in [-0.2, 0) is 38.2 Å². The first-order valence-electron chi connectivity index (χ1n) is 16.4. The van der Waals surface area contributed by atoms with Gasteiger partial charge < -0.3 is 25.0 Å². The van der Waals surface area contributed by atoms with Crippen LogP contribution < -0.4 is 10.6 Å². The summed E-state index contributed by atoms with van der Waals surface area (Å²) >= 11 is 3.29. The van der Waals surface area contributed by atoms with Gasteiger partial charge in [-0.25, -0.2) is 9.59 Å². The number of benzene rings is 1. The van der Waals surface area contributed by atoms with E-state index < -0.39 is 57.7 Å². The Hall–Kier alpha value is -2.71. The Balaban J connectivity index is 1.23. The number of esters is 1. The second-order valence-electron chi connectivity index (χ2n) is 13.5. The highest BCUT2D eigenvalue weighted by Gasteiger charge is 2.62. The molecule has 14 heteroatoms. The van der Waals surface area contributed by atoms with Gasteiger partial charge in [-0.2, -0.15) is 8.42 Å². The highest BCUT2D eigenvalue weighted by Crippen LogP contribution is 2.52. The van der Waals surface area contributed by atoms with Gasteiger partial charge in [0, 0.05) is 17.4 Å². The van der Waals surface area contributed by atoms with E-state index in [1.165, 1.54) is 30.6 Å². The van der Waals surface area contributed by atoms with Crippen molar-refractivity contribution < 1.29 is 41.3 Å². The molecule has 0 bridgehead atoms. The Kier molecular flexibility index (Phi) is 9.69. The lowest BCUT2D eigenvalue weighted by molar-refractivity contribution is -0.148. The zero-order chi connectivity index (χ0) is 32.6. The summed E-state index contributed by atoms with van der Waals surface area (Å²) in [6.45, 7) is -0.194. The summed E-state index contributed by atoms with van der Waals surface area (Å²) in [5.41, 5.74) is -1.19. The predicted molar refractivity (Wildman–Crippen MR) is 168 cm³/mol. The van der Waals surface area contributed by atoms with Gasteiger partial charge in [-0.05, 0) is 80.5 Å². The van der Waals surface area contributed by atoms with Crippen LogP contribution in [-0.4, -0.2) is 80.7 Å². The van der Waals surface area contributed by atoms with Crippen molar-refractivity contribution in [3.8, 4) is 0 Å². The highest BCUT2D eigenvalue weighted by atomic mass is 79.9. The fraction of sp³-hybridized carbons (Fsp3) is 0.688. The number of alkyl carbamates (subject to hydrolysis) is 1. The average molecular weight is 725 g/mol. The van der Waals surface area contributed by atoms with Crippen molar-refractivity contribution in [3.63, 3.8) is 0 Å². The van der Waals surface area contributed by atoms with E-state index in [0.717, 1.165) is 44.9 Å². The maximum atomic E-state index is 14.2. The summed E-state index contributed by atoms with van der Waals surface area (Å²) in [5.74, 6) is -0.500. The number of ether oxygens (including phenoxy) is 2. The number of methoxy groups -OCH3 is 1. The maximum Gasteiger partial charge on any atom is 0.408 e. The summed E-state index contributed by atoms with van der Waals surface area (Å²) < 4.78 is 43.4. The third kappa shape index (κ3) is 7.23. The average Bonchev–Trinajstić information content (AvgIpc) is 3.81. The van der Waals surface area contributed by atoms with Crippen molar-refractivity contribution in [2.24, 2.45) is 17.8 Å². The summed E-state index contributed by atoms with van der Waals surface area (Å²) in [7, 11) is -2.95. The molecular formula is C32H42BrN3O9S. The Bertz CT molecular complexity index is 1450. The number of halogens is 1. The summed E-state index contributed by atoms with van der Waals surface area (Å²) in [6, 6.07) is 3.85. The van der Waals surface area contributed by atoms with Gasteiger partial charge in [-0.3, -0.25) is 13.8 Å². The van der Waals surface area contributed by atoms with Gasteiger partial charge in [-0.15, -0.1) is 0 Å². The van der Waals surface area contributed by atoms with E-state index in [9.17, 15) is 27.6 Å². The first kappa shape index (κ1) is 33.2. The molecule has 2 N–H and O–H groups in total. The fourth-order valence-electron chi connectivity index (χ4n) is 7.62. The van der Waals surface area contributed by atoms with E-state index in [2.05, 4.69) is 26.6 Å². The normalized spacial score (nSPS) is 34.6. The minimum atomic E-state index is -4.23. The van der Waals surface area contributed by atoms with E-state index in [1.807, 2.05) is 0 Å². The molecule has 5 fully saturated rings. The maximum absolute atomic E-state index is 14.2. The summed E-state index contributed by atoms with van der Waals surface area (Å²) in [4.78, 5) is 55.3. The molecule has 5 aliphatic rings. The SMILES string of the molecule is COC(=O)[C@@]12C[C@H]1CCCCCCC[C@H](NC(=O)O[C@@H]1C[C@@H]3C[C@@H]3C1)C(=O)N1C[C@@H](OS(=O)(=O)c3ccc(Br)cc3)C[C@H]1C(=O)N2. The minimum Gasteiger partial charge on any atom is -0.467 e. The zero-order valence-electron chi connectivity index (χ0n) is 26.0. The van der Waals surface area contributed by atoms with Crippen LogP contribution in [0.3, 0.4) is 0 Å². The molecule has 252 valence electrons. The highest BCUT2D eigenvalue weighted by molar-refractivity contribution is 9.10. The number of carbonyl (C=O) groups excluding carboxylic acids is 4. The van der Waals surface area contributed by atoms with E-state index in [1.54, 1.807) is 12.1 Å². The van der Waals surface area contributed by atoms with Gasteiger partial charge in [0.15, 0.2) is 0 Å². The molecule has 46 heavy (non-hydrogen) atoms. The van der Waals surface area contributed by atoms with Crippen LogP contribution in [0.15, 0.2) is 33.6 Å². The van der Waals surface area contributed by atoms with E-state index in [0.29, 0.717) is 35.6 Å². The smallest absolute Gasteiger partial charge is 0.408 e. The lowest BCUT2D eigenvalue weighted by Gasteiger charge is -2.30. The monoisotopic (exact) mass is 723 g/mol. The van der Waals surface area contributed by atoms with Crippen LogP contribution in [0.25, 0.3) is 0 Å². The van der Waals surface area contributed by atoms with Crippen LogP contribution in [0.2, 0.25) is 0 Å². The molecule has 2 heterocycles. The Morgan fingerprint density at radius 3 is 2.33 bits per heavy atom. The van der Waals surface area contributed by atoms with Crippen molar-refractivity contribution in [1.82, 2.24) is 15.5 Å². The van der Waals surface area contributed by atoms with Crippen LogP contribution in [0.5, 0.6) is 0 Å². The first-order valence-corrected chi connectivity index (χ1v) is 18.6. The first-order chi connectivity index (χ1) is 22.0. The van der Waals surface area contributed by atoms with Crippen LogP contribution >= 0.6 is 15.9 Å². The molecular weight excluding hydrogens is 682 g/mol. The van der Waals surface area contributed by atoms with Gasteiger partial charge in [0.1, 0.15) is 23.7 Å². The molecule has 0 unspecified atom stereocenters. The largest absolute Gasteiger partial charge is 0.467 e. The number of hydrogen-bond donors (Lipinski definition) is 2. The lowest BCUT2D eigenvalue weighted by Crippen LogP contribution is -2.56. The number of carbonyl (C=O) groups is 4. The molecule has 8 atom stereocenters. The molecule has 1 aromatic rings. The molecule has 2 saturated heterocycles. The number of fused-ring (bicyclic) bond motifs is 3. The summed E-state index contributed by atoms with van der Waals surface area (Å²) in [6.07, 6.45) is 6.65. The van der Waals surface area contributed by atoms with Gasteiger partial charge >= 0.3 is 12.1 Å². The third-order valence-corrected chi connectivity index (χ3v) is 12.2. The standard InChI is InChI=1S/C32H42BrN3O9S/c1-43-30(39)32-17-21(32)7-5-3-2-4-6-8-26(34-31(40)44-23-14-19-13-20(19)15-23)29(38)36-18-24(16-27(36)28(37)35-32)45-46(41,42)25-11-9-22(33)10-12-25/h9-12,19-21,23-24,26-27H,2-8,13-18H2,1H3,(H,34,40)(H,35,37)/t19-,20+,21-,23+,24+,26+,27+,32-/m1/s1. The van der Waals surface area contributed by atoms with Crippen LogP contribution in [0.4, 0.5) is 4.79 Å². The minimum absolute atomic E-state index is 0.0618. The van der Waals surface area contributed by atoms with Crippen molar-refractivity contribution in [3.05, 3.63) is 28.7 Å². The van der Waals surface area contributed by atoms with Crippen molar-refractivity contribution in [2.75, 3.05) is 13.7 Å².